The van der Waals surface area contributed by atoms with Gasteiger partial charge < -0.3 is 11.5 Å². The number of hydrogen-bond acceptors (Lipinski definition) is 4. The van der Waals surface area contributed by atoms with E-state index in [1.807, 2.05) is 13.8 Å². The Morgan fingerprint density at radius 1 is 0.727 bits per heavy atom. The van der Waals surface area contributed by atoms with Crippen LogP contribution in [0.3, 0.4) is 0 Å². The maximum atomic E-state index is 5.31. The number of hydrazone groups is 2. The molecule has 6 nitrogen and oxygen atoms in total. The first kappa shape index (κ1) is 20.7. The molecule has 0 radical (unpaired) electrons. The highest BCUT2D eigenvalue weighted by Crippen LogP contribution is 2.09. The quantitative estimate of drug-likeness (QED) is 0.199. The Bertz CT molecular complexity index is 368. The van der Waals surface area contributed by atoms with E-state index in [1.54, 1.807) is 0 Å². The minimum atomic E-state index is 0.210. The summed E-state index contributed by atoms with van der Waals surface area (Å²) >= 11 is 9.38. The van der Waals surface area contributed by atoms with Gasteiger partial charge in [-0.25, -0.2) is 0 Å². The normalized spacial score (nSPS) is 12.1. The summed E-state index contributed by atoms with van der Waals surface area (Å²) in [6.45, 7) is 3.96. The van der Waals surface area contributed by atoms with Crippen molar-refractivity contribution in [1.82, 2.24) is 10.9 Å². The predicted molar refractivity (Wildman–Crippen MR) is 103 cm³/mol. The fourth-order valence-corrected chi connectivity index (χ4v) is 1.97. The van der Waals surface area contributed by atoms with Crippen LogP contribution in [0.2, 0.25) is 0 Å². The van der Waals surface area contributed by atoms with E-state index in [4.69, 9.17) is 35.9 Å². The van der Waals surface area contributed by atoms with Crippen molar-refractivity contribution in [2.75, 3.05) is 0 Å². The summed E-state index contributed by atoms with van der Waals surface area (Å²) < 4.78 is 0. The summed E-state index contributed by atoms with van der Waals surface area (Å²) in [6.07, 6.45) is 9.18. The van der Waals surface area contributed by atoms with Gasteiger partial charge in [0.15, 0.2) is 10.2 Å². The molecule has 126 valence electrons. The molecule has 0 heterocycles. The molecule has 8 heteroatoms. The maximum absolute atomic E-state index is 5.31. The Labute approximate surface area is 144 Å². The van der Waals surface area contributed by atoms with Crippen molar-refractivity contribution in [3.63, 3.8) is 0 Å². The summed E-state index contributed by atoms with van der Waals surface area (Å²) in [4.78, 5) is 0. The minimum Gasteiger partial charge on any atom is -0.375 e. The monoisotopic (exact) mass is 344 g/mol. The fraction of sp³-hybridized carbons (Fsp3) is 0.714. The van der Waals surface area contributed by atoms with Gasteiger partial charge in [0.1, 0.15) is 0 Å². The van der Waals surface area contributed by atoms with Gasteiger partial charge in [-0.05, 0) is 64.0 Å². The van der Waals surface area contributed by atoms with E-state index >= 15 is 0 Å². The summed E-state index contributed by atoms with van der Waals surface area (Å²) in [5.74, 6) is 0. The molecule has 0 fully saturated rings. The Balaban J connectivity index is 3.47. The molecule has 0 spiro atoms. The number of rotatable bonds is 11. The molecule has 0 aliphatic rings. The Kier molecular flexibility index (Phi) is 12.6. The van der Waals surface area contributed by atoms with Gasteiger partial charge in [0.05, 0.1) is 0 Å². The van der Waals surface area contributed by atoms with Crippen LogP contribution in [0.1, 0.15) is 65.2 Å². The highest BCUT2D eigenvalue weighted by Gasteiger charge is 1.96. The molecule has 0 saturated heterocycles. The lowest BCUT2D eigenvalue weighted by molar-refractivity contribution is 0.606. The van der Waals surface area contributed by atoms with E-state index in [-0.39, 0.29) is 10.2 Å². The van der Waals surface area contributed by atoms with Crippen LogP contribution in [0.15, 0.2) is 10.2 Å². The largest absolute Gasteiger partial charge is 0.375 e. The summed E-state index contributed by atoms with van der Waals surface area (Å²) in [7, 11) is 0. The molecule has 0 aliphatic carbocycles. The van der Waals surface area contributed by atoms with E-state index in [2.05, 4.69) is 21.1 Å². The molecule has 0 unspecified atom stereocenters. The number of unbranched alkanes of at least 4 members (excludes halogenated alkanes) is 5. The van der Waals surface area contributed by atoms with Gasteiger partial charge in [0, 0.05) is 11.4 Å². The molecule has 0 aromatic rings. The van der Waals surface area contributed by atoms with Gasteiger partial charge >= 0.3 is 0 Å². The molecule has 0 rings (SSSR count). The Hall–Kier alpha value is -1.28. The second-order valence-electron chi connectivity index (χ2n) is 5.27. The van der Waals surface area contributed by atoms with Crippen LogP contribution in [-0.2, 0) is 0 Å². The molecule has 0 aliphatic heterocycles. The second-order valence-corrected chi connectivity index (χ2v) is 6.15. The Morgan fingerprint density at radius 2 is 1.05 bits per heavy atom. The average molecular weight is 345 g/mol. The first-order valence-electron chi connectivity index (χ1n) is 7.59. The lowest BCUT2D eigenvalue weighted by atomic mass is 10.1. The zero-order valence-electron chi connectivity index (χ0n) is 13.5. The standard InChI is InChI=1S/C14H28N6S2/c1-11(17-19-13(15)21)9-7-5-3-4-6-8-10-12(2)18-20-14(16)22/h3-10H2,1-2H3,(H3,15,19,21)(H3,16,20,22). The third kappa shape index (κ3) is 15.1. The van der Waals surface area contributed by atoms with E-state index in [9.17, 15) is 0 Å². The third-order valence-corrected chi connectivity index (χ3v) is 3.22. The molecule has 0 amide bonds. The molecule has 22 heavy (non-hydrogen) atoms. The van der Waals surface area contributed by atoms with Crippen molar-refractivity contribution in [2.24, 2.45) is 21.7 Å². The van der Waals surface area contributed by atoms with Crippen molar-refractivity contribution >= 4 is 46.1 Å². The third-order valence-electron chi connectivity index (χ3n) is 3.04. The molecule has 0 bridgehead atoms. The maximum Gasteiger partial charge on any atom is 0.184 e. The highest BCUT2D eigenvalue weighted by atomic mass is 32.1. The molecule has 0 aromatic carbocycles. The topological polar surface area (TPSA) is 101 Å². The van der Waals surface area contributed by atoms with Gasteiger partial charge in [-0.15, -0.1) is 0 Å². The zero-order valence-corrected chi connectivity index (χ0v) is 15.2. The number of nitrogens with two attached hydrogens (primary N) is 2. The van der Waals surface area contributed by atoms with Crippen LogP contribution >= 0.6 is 24.4 Å². The van der Waals surface area contributed by atoms with E-state index in [1.165, 1.54) is 25.7 Å². The SMILES string of the molecule is CC(CCCCCCCCC(C)=NNC(N)=S)=NNC(N)=S. The number of nitrogens with zero attached hydrogens (tertiary/aromatic N) is 2. The highest BCUT2D eigenvalue weighted by molar-refractivity contribution is 7.80. The predicted octanol–water partition coefficient (Wildman–Crippen LogP) is 2.53. The number of thiocarbonyl (C=S) groups is 2. The first-order valence-corrected chi connectivity index (χ1v) is 8.40. The van der Waals surface area contributed by atoms with E-state index in [0.717, 1.165) is 37.1 Å². The van der Waals surface area contributed by atoms with Gasteiger partial charge in [-0.2, -0.15) is 10.2 Å². The zero-order chi connectivity index (χ0) is 16.8. The van der Waals surface area contributed by atoms with Crippen molar-refractivity contribution < 1.29 is 0 Å². The Morgan fingerprint density at radius 3 is 1.36 bits per heavy atom. The van der Waals surface area contributed by atoms with E-state index in [0.29, 0.717) is 0 Å². The van der Waals surface area contributed by atoms with Crippen molar-refractivity contribution in [1.29, 1.82) is 0 Å². The lowest BCUT2D eigenvalue weighted by Crippen LogP contribution is -2.25. The van der Waals surface area contributed by atoms with Gasteiger partial charge in [-0.3, -0.25) is 10.9 Å². The van der Waals surface area contributed by atoms with Crippen LogP contribution in [0.4, 0.5) is 0 Å². The fourth-order valence-electron chi connectivity index (χ4n) is 1.88. The van der Waals surface area contributed by atoms with Crippen LogP contribution < -0.4 is 22.3 Å². The molecule has 0 atom stereocenters. The van der Waals surface area contributed by atoms with E-state index < -0.39 is 0 Å². The number of hydrogen-bond donors (Lipinski definition) is 4. The summed E-state index contributed by atoms with van der Waals surface area (Å²) in [6, 6.07) is 0. The van der Waals surface area contributed by atoms with Crippen LogP contribution in [0.25, 0.3) is 0 Å². The van der Waals surface area contributed by atoms with Crippen molar-refractivity contribution in [3.05, 3.63) is 0 Å². The van der Waals surface area contributed by atoms with Crippen molar-refractivity contribution in [2.45, 2.75) is 65.2 Å². The molecule has 0 aromatic heterocycles. The molecule has 6 N–H and O–H groups in total. The number of nitrogens with one attached hydrogen (secondary N) is 2. The molecular formula is C14H28N6S2. The minimum absolute atomic E-state index is 0.210. The molecule has 0 saturated carbocycles. The second kappa shape index (κ2) is 13.4. The smallest absolute Gasteiger partial charge is 0.184 e. The van der Waals surface area contributed by atoms with Gasteiger partial charge in [0.25, 0.3) is 0 Å². The summed E-state index contributed by atoms with van der Waals surface area (Å²) in [5, 5.41) is 8.59. The molecular weight excluding hydrogens is 316 g/mol. The first-order chi connectivity index (χ1) is 10.4. The van der Waals surface area contributed by atoms with Crippen LogP contribution in [0.5, 0.6) is 0 Å². The summed E-state index contributed by atoms with van der Waals surface area (Å²) in [5.41, 5.74) is 17.9. The van der Waals surface area contributed by atoms with Crippen LogP contribution in [0, 0.1) is 0 Å². The lowest BCUT2D eigenvalue weighted by Gasteiger charge is -2.04. The van der Waals surface area contributed by atoms with Crippen LogP contribution in [-0.4, -0.2) is 21.6 Å². The average Bonchev–Trinajstić information content (AvgIpc) is 2.45. The van der Waals surface area contributed by atoms with Gasteiger partial charge in [-0.1, -0.05) is 25.7 Å². The van der Waals surface area contributed by atoms with Crippen molar-refractivity contribution in [3.8, 4) is 0 Å². The van der Waals surface area contributed by atoms with Gasteiger partial charge in [0.2, 0.25) is 0 Å².